The normalized spacial score (nSPS) is 11.0. The Balaban J connectivity index is 1.53. The molecule has 0 saturated heterocycles. The molecule has 8 heteroatoms. The summed E-state index contributed by atoms with van der Waals surface area (Å²) < 4.78 is 13.2. The summed E-state index contributed by atoms with van der Waals surface area (Å²) in [6, 6.07) is 15.3. The standard InChI is InChI=1S/C21H19ClN4O2S/c1-3-26-19(17-9-4-5-10-18(17)27-2)24-25-21(26)29-13-16-12-28-20(23-16)14-7-6-8-15(22)11-14/h4-12H,3,13H2,1-2H3. The molecular formula is C21H19ClN4O2S. The average Bonchev–Trinajstić information content (AvgIpc) is 3.39. The van der Waals surface area contributed by atoms with Crippen molar-refractivity contribution in [2.24, 2.45) is 0 Å². The summed E-state index contributed by atoms with van der Waals surface area (Å²) >= 11 is 7.62. The molecule has 0 aliphatic rings. The maximum absolute atomic E-state index is 6.05. The molecule has 4 aromatic rings. The van der Waals surface area contributed by atoms with Crippen LogP contribution in [0.15, 0.2) is 64.4 Å². The van der Waals surface area contributed by atoms with Gasteiger partial charge in [-0.2, -0.15) is 0 Å². The SMILES string of the molecule is CCn1c(SCc2coc(-c3cccc(Cl)c3)n2)nnc1-c1ccccc1OC. The van der Waals surface area contributed by atoms with E-state index in [1.165, 1.54) is 0 Å². The number of nitrogens with zero attached hydrogens (tertiary/aromatic N) is 4. The molecule has 0 atom stereocenters. The van der Waals surface area contributed by atoms with E-state index in [-0.39, 0.29) is 0 Å². The van der Waals surface area contributed by atoms with Crippen molar-refractivity contribution >= 4 is 23.4 Å². The Morgan fingerprint density at radius 3 is 2.79 bits per heavy atom. The molecule has 4 rings (SSSR count). The molecule has 2 aromatic heterocycles. The van der Waals surface area contributed by atoms with Crippen LogP contribution < -0.4 is 4.74 Å². The molecule has 2 heterocycles. The number of thioether (sulfide) groups is 1. The first-order chi connectivity index (χ1) is 14.2. The van der Waals surface area contributed by atoms with E-state index in [4.69, 9.17) is 20.8 Å². The van der Waals surface area contributed by atoms with Crippen molar-refractivity contribution < 1.29 is 9.15 Å². The number of halogens is 1. The van der Waals surface area contributed by atoms with Crippen LogP contribution in [-0.2, 0) is 12.3 Å². The summed E-state index contributed by atoms with van der Waals surface area (Å²) in [6.07, 6.45) is 1.66. The lowest BCUT2D eigenvalue weighted by molar-refractivity contribution is 0.416. The number of aromatic nitrogens is 4. The van der Waals surface area contributed by atoms with Crippen molar-refractivity contribution in [3.8, 4) is 28.6 Å². The van der Waals surface area contributed by atoms with Crippen molar-refractivity contribution in [2.75, 3.05) is 7.11 Å². The van der Waals surface area contributed by atoms with Crippen molar-refractivity contribution in [3.63, 3.8) is 0 Å². The number of oxazole rings is 1. The first kappa shape index (κ1) is 19.5. The fourth-order valence-electron chi connectivity index (χ4n) is 2.98. The second-order valence-electron chi connectivity index (χ2n) is 6.19. The largest absolute Gasteiger partial charge is 0.496 e. The summed E-state index contributed by atoms with van der Waals surface area (Å²) in [6.45, 7) is 2.81. The van der Waals surface area contributed by atoms with Crippen molar-refractivity contribution in [1.82, 2.24) is 19.7 Å². The predicted octanol–water partition coefficient (Wildman–Crippen LogP) is 5.57. The fraction of sp³-hybridized carbons (Fsp3) is 0.190. The molecule has 6 nitrogen and oxygen atoms in total. The Morgan fingerprint density at radius 2 is 2.00 bits per heavy atom. The van der Waals surface area contributed by atoms with E-state index in [1.807, 2.05) is 48.5 Å². The predicted molar refractivity (Wildman–Crippen MR) is 114 cm³/mol. The second kappa shape index (κ2) is 8.71. The highest BCUT2D eigenvalue weighted by Crippen LogP contribution is 2.32. The van der Waals surface area contributed by atoms with E-state index in [0.717, 1.165) is 40.1 Å². The highest BCUT2D eigenvalue weighted by atomic mass is 35.5. The molecule has 0 aliphatic heterocycles. The van der Waals surface area contributed by atoms with Crippen LogP contribution in [-0.4, -0.2) is 26.9 Å². The molecule has 148 valence electrons. The third kappa shape index (κ3) is 4.16. The third-order valence-corrected chi connectivity index (χ3v) is 5.59. The number of para-hydroxylation sites is 1. The van der Waals surface area contributed by atoms with Crippen molar-refractivity contribution in [1.29, 1.82) is 0 Å². The molecule has 0 unspecified atom stereocenters. The summed E-state index contributed by atoms with van der Waals surface area (Å²) in [4.78, 5) is 4.56. The van der Waals surface area contributed by atoms with Crippen LogP contribution >= 0.6 is 23.4 Å². The van der Waals surface area contributed by atoms with E-state index < -0.39 is 0 Å². The lowest BCUT2D eigenvalue weighted by atomic mass is 10.2. The van der Waals surface area contributed by atoms with Gasteiger partial charge in [0.25, 0.3) is 0 Å². The minimum Gasteiger partial charge on any atom is -0.496 e. The molecule has 0 radical (unpaired) electrons. The van der Waals surface area contributed by atoms with Gasteiger partial charge >= 0.3 is 0 Å². The number of hydrogen-bond acceptors (Lipinski definition) is 6. The third-order valence-electron chi connectivity index (χ3n) is 4.35. The van der Waals surface area contributed by atoms with Crippen LogP contribution in [0.4, 0.5) is 0 Å². The lowest BCUT2D eigenvalue weighted by Crippen LogP contribution is -2.01. The van der Waals surface area contributed by atoms with E-state index in [1.54, 1.807) is 25.1 Å². The first-order valence-electron chi connectivity index (χ1n) is 9.09. The van der Waals surface area contributed by atoms with Gasteiger partial charge in [0, 0.05) is 22.9 Å². The van der Waals surface area contributed by atoms with Crippen molar-refractivity contribution in [3.05, 3.63) is 65.5 Å². The quantitative estimate of drug-likeness (QED) is 0.360. The Hall–Kier alpha value is -2.77. The van der Waals surface area contributed by atoms with Gasteiger partial charge in [-0.15, -0.1) is 10.2 Å². The van der Waals surface area contributed by atoms with Gasteiger partial charge in [0.1, 0.15) is 12.0 Å². The molecule has 0 amide bonds. The molecule has 0 aliphatic carbocycles. The van der Waals surface area contributed by atoms with Crippen LogP contribution in [0.3, 0.4) is 0 Å². The number of benzene rings is 2. The van der Waals surface area contributed by atoms with Gasteiger partial charge in [0.15, 0.2) is 11.0 Å². The zero-order valence-electron chi connectivity index (χ0n) is 16.0. The van der Waals surface area contributed by atoms with Gasteiger partial charge in [-0.3, -0.25) is 0 Å². The topological polar surface area (TPSA) is 66.0 Å². The number of methoxy groups -OCH3 is 1. The lowest BCUT2D eigenvalue weighted by Gasteiger charge is -2.10. The number of hydrogen-bond donors (Lipinski definition) is 0. The molecule has 0 N–H and O–H groups in total. The monoisotopic (exact) mass is 426 g/mol. The maximum atomic E-state index is 6.05. The zero-order chi connectivity index (χ0) is 20.2. The maximum Gasteiger partial charge on any atom is 0.226 e. The minimum absolute atomic E-state index is 0.551. The number of ether oxygens (including phenoxy) is 1. The Bertz CT molecular complexity index is 1130. The first-order valence-corrected chi connectivity index (χ1v) is 10.5. The molecule has 0 bridgehead atoms. The molecule has 2 aromatic carbocycles. The Morgan fingerprint density at radius 1 is 1.14 bits per heavy atom. The van der Waals surface area contributed by atoms with Crippen LogP contribution in [0.2, 0.25) is 5.02 Å². The second-order valence-corrected chi connectivity index (χ2v) is 7.57. The van der Waals surface area contributed by atoms with Gasteiger partial charge in [-0.25, -0.2) is 4.98 Å². The van der Waals surface area contributed by atoms with Gasteiger partial charge < -0.3 is 13.7 Å². The van der Waals surface area contributed by atoms with Crippen LogP contribution in [0.25, 0.3) is 22.8 Å². The fourth-order valence-corrected chi connectivity index (χ4v) is 4.04. The van der Waals surface area contributed by atoms with E-state index in [9.17, 15) is 0 Å². The average molecular weight is 427 g/mol. The molecular weight excluding hydrogens is 408 g/mol. The Kier molecular flexibility index (Phi) is 5.87. The van der Waals surface area contributed by atoms with Gasteiger partial charge in [-0.05, 0) is 37.3 Å². The summed E-state index contributed by atoms with van der Waals surface area (Å²) in [5.74, 6) is 2.73. The Labute approximate surface area is 177 Å². The van der Waals surface area contributed by atoms with Crippen LogP contribution in [0.1, 0.15) is 12.6 Å². The molecule has 29 heavy (non-hydrogen) atoms. The molecule has 0 spiro atoms. The van der Waals surface area contributed by atoms with Crippen LogP contribution in [0.5, 0.6) is 5.75 Å². The zero-order valence-corrected chi connectivity index (χ0v) is 17.6. The van der Waals surface area contributed by atoms with Crippen LogP contribution in [0, 0.1) is 0 Å². The highest BCUT2D eigenvalue weighted by molar-refractivity contribution is 7.98. The smallest absolute Gasteiger partial charge is 0.226 e. The highest BCUT2D eigenvalue weighted by Gasteiger charge is 2.17. The molecule has 0 saturated carbocycles. The van der Waals surface area contributed by atoms with E-state index in [2.05, 4.69) is 26.7 Å². The van der Waals surface area contributed by atoms with Gasteiger partial charge in [-0.1, -0.05) is 41.6 Å². The van der Waals surface area contributed by atoms with Gasteiger partial charge in [0.2, 0.25) is 5.89 Å². The summed E-state index contributed by atoms with van der Waals surface area (Å²) in [5, 5.41) is 10.2. The minimum atomic E-state index is 0.551. The summed E-state index contributed by atoms with van der Waals surface area (Å²) in [7, 11) is 1.66. The van der Waals surface area contributed by atoms with Gasteiger partial charge in [0.05, 0.1) is 18.4 Å². The van der Waals surface area contributed by atoms with Crippen molar-refractivity contribution in [2.45, 2.75) is 24.4 Å². The molecule has 0 fully saturated rings. The van der Waals surface area contributed by atoms with E-state index >= 15 is 0 Å². The summed E-state index contributed by atoms with van der Waals surface area (Å²) in [5.41, 5.74) is 2.60. The van der Waals surface area contributed by atoms with E-state index in [0.29, 0.717) is 16.7 Å². The number of rotatable bonds is 7.